The average Bonchev–Trinajstić information content (AvgIpc) is 3.50. The molecular weight excluding hydrogens is 399 g/mol. The van der Waals surface area contributed by atoms with Gasteiger partial charge in [-0.3, -0.25) is 9.59 Å². The number of carbonyl (C=O) groups excluding carboxylic acids is 2. The van der Waals surface area contributed by atoms with E-state index in [1.807, 2.05) is 0 Å². The van der Waals surface area contributed by atoms with Crippen molar-refractivity contribution in [2.45, 2.75) is 32.9 Å². The first-order valence-electron chi connectivity index (χ1n) is 9.52. The topological polar surface area (TPSA) is 80.3 Å². The molecule has 160 valence electrons. The van der Waals surface area contributed by atoms with Crippen LogP contribution in [-0.4, -0.2) is 29.9 Å². The van der Waals surface area contributed by atoms with Gasteiger partial charge < -0.3 is 15.4 Å². The largest absolute Gasteiger partial charge is 0.491 e. The van der Waals surface area contributed by atoms with Gasteiger partial charge in [0.25, 0.3) is 5.91 Å². The van der Waals surface area contributed by atoms with Gasteiger partial charge in [0, 0.05) is 17.2 Å². The van der Waals surface area contributed by atoms with Crippen LogP contribution >= 0.6 is 0 Å². The molecule has 0 radical (unpaired) electrons. The number of amides is 2. The molecule has 0 saturated heterocycles. The number of carbonyl (C=O) groups is 2. The lowest BCUT2D eigenvalue weighted by Gasteiger charge is -2.13. The maximum absolute atomic E-state index is 12.7. The lowest BCUT2D eigenvalue weighted by atomic mass is 10.1. The Morgan fingerprint density at radius 2 is 1.90 bits per heavy atom. The van der Waals surface area contributed by atoms with Crippen LogP contribution in [0.2, 0.25) is 0 Å². The first-order valence-corrected chi connectivity index (χ1v) is 9.52. The maximum Gasteiger partial charge on any atom is 0.416 e. The minimum Gasteiger partial charge on any atom is -0.491 e. The number of nitrogens with one attached hydrogen (secondary N) is 2. The van der Waals surface area contributed by atoms with Crippen LogP contribution in [0.4, 0.5) is 19.0 Å². The summed E-state index contributed by atoms with van der Waals surface area (Å²) >= 11 is 0. The summed E-state index contributed by atoms with van der Waals surface area (Å²) in [5.74, 6) is 0.209. The summed E-state index contributed by atoms with van der Waals surface area (Å²) in [6.45, 7) is 3.50. The predicted octanol–water partition coefficient (Wildman–Crippen LogP) is 3.87. The SMILES string of the molecule is Cc1cc(C(=O)NCCOc2ccc(C(F)(F)F)cc2C)cc(NC(=O)C2CC2)n1. The Morgan fingerprint density at radius 1 is 1.17 bits per heavy atom. The van der Waals surface area contributed by atoms with Gasteiger partial charge in [-0.1, -0.05) is 0 Å². The van der Waals surface area contributed by atoms with Gasteiger partial charge in [0.1, 0.15) is 18.2 Å². The van der Waals surface area contributed by atoms with E-state index in [9.17, 15) is 22.8 Å². The lowest BCUT2D eigenvalue weighted by Crippen LogP contribution is -2.28. The van der Waals surface area contributed by atoms with Crippen LogP contribution in [0, 0.1) is 19.8 Å². The van der Waals surface area contributed by atoms with Crippen LogP contribution in [0.15, 0.2) is 30.3 Å². The molecule has 1 heterocycles. The fraction of sp³-hybridized carbons (Fsp3) is 0.381. The van der Waals surface area contributed by atoms with Crippen molar-refractivity contribution in [2.24, 2.45) is 5.92 Å². The van der Waals surface area contributed by atoms with E-state index in [1.54, 1.807) is 13.0 Å². The summed E-state index contributed by atoms with van der Waals surface area (Å²) in [4.78, 5) is 28.5. The minimum atomic E-state index is -4.41. The zero-order chi connectivity index (χ0) is 21.9. The van der Waals surface area contributed by atoms with E-state index in [0.717, 1.165) is 25.0 Å². The van der Waals surface area contributed by atoms with E-state index >= 15 is 0 Å². The molecule has 1 saturated carbocycles. The summed E-state index contributed by atoms with van der Waals surface area (Å²) in [7, 11) is 0. The van der Waals surface area contributed by atoms with Gasteiger partial charge in [0.05, 0.1) is 12.1 Å². The van der Waals surface area contributed by atoms with Crippen LogP contribution in [-0.2, 0) is 11.0 Å². The van der Waals surface area contributed by atoms with E-state index in [4.69, 9.17) is 4.74 Å². The van der Waals surface area contributed by atoms with Gasteiger partial charge in [-0.2, -0.15) is 13.2 Å². The van der Waals surface area contributed by atoms with Crippen LogP contribution < -0.4 is 15.4 Å². The number of pyridine rings is 1. The zero-order valence-electron chi connectivity index (χ0n) is 16.6. The molecule has 2 amide bonds. The molecule has 1 aromatic carbocycles. The summed E-state index contributed by atoms with van der Waals surface area (Å²) in [5.41, 5.74) is 0.555. The number of hydrogen-bond acceptors (Lipinski definition) is 4. The zero-order valence-corrected chi connectivity index (χ0v) is 16.6. The van der Waals surface area contributed by atoms with E-state index < -0.39 is 11.7 Å². The average molecular weight is 421 g/mol. The third-order valence-electron chi connectivity index (χ3n) is 4.56. The molecule has 1 fully saturated rings. The molecule has 3 rings (SSSR count). The lowest BCUT2D eigenvalue weighted by molar-refractivity contribution is -0.137. The number of aromatic nitrogens is 1. The molecule has 2 N–H and O–H groups in total. The Balaban J connectivity index is 1.52. The number of halogens is 3. The summed E-state index contributed by atoms with van der Waals surface area (Å²) in [6.07, 6.45) is -2.68. The number of hydrogen-bond donors (Lipinski definition) is 2. The number of nitrogens with zero attached hydrogens (tertiary/aromatic N) is 1. The third-order valence-corrected chi connectivity index (χ3v) is 4.56. The van der Waals surface area contributed by atoms with Crippen molar-refractivity contribution in [3.05, 3.63) is 52.7 Å². The fourth-order valence-electron chi connectivity index (χ4n) is 2.85. The monoisotopic (exact) mass is 421 g/mol. The molecule has 0 spiro atoms. The second-order valence-corrected chi connectivity index (χ2v) is 7.23. The highest BCUT2D eigenvalue weighted by Gasteiger charge is 2.31. The minimum absolute atomic E-state index is 0.0235. The van der Waals surface area contributed by atoms with Crippen LogP contribution in [0.1, 0.15) is 40.0 Å². The highest BCUT2D eigenvalue weighted by Crippen LogP contribution is 2.32. The number of anilines is 1. The summed E-state index contributed by atoms with van der Waals surface area (Å²) in [5, 5.41) is 5.40. The molecule has 0 bridgehead atoms. The number of aryl methyl sites for hydroxylation is 2. The van der Waals surface area contributed by atoms with E-state index in [-0.39, 0.29) is 30.9 Å². The second kappa shape index (κ2) is 8.73. The normalized spacial score (nSPS) is 13.6. The summed E-state index contributed by atoms with van der Waals surface area (Å²) in [6, 6.07) is 6.34. The second-order valence-electron chi connectivity index (χ2n) is 7.23. The number of alkyl halides is 3. The van der Waals surface area contributed by atoms with Gasteiger partial charge in [-0.15, -0.1) is 0 Å². The molecule has 0 aliphatic heterocycles. The molecule has 1 aliphatic rings. The summed E-state index contributed by atoms with van der Waals surface area (Å²) < 4.78 is 43.6. The van der Waals surface area contributed by atoms with Gasteiger partial charge in [0.2, 0.25) is 5.91 Å². The van der Waals surface area contributed by atoms with Gasteiger partial charge in [-0.05, 0) is 62.6 Å². The Hall–Kier alpha value is -3.10. The van der Waals surface area contributed by atoms with Crippen LogP contribution in [0.3, 0.4) is 0 Å². The highest BCUT2D eigenvalue weighted by atomic mass is 19.4. The van der Waals surface area contributed by atoms with E-state index in [0.29, 0.717) is 28.4 Å². The van der Waals surface area contributed by atoms with E-state index in [2.05, 4.69) is 15.6 Å². The fourth-order valence-corrected chi connectivity index (χ4v) is 2.85. The highest BCUT2D eigenvalue weighted by molar-refractivity contribution is 5.97. The van der Waals surface area contributed by atoms with Crippen LogP contribution in [0.5, 0.6) is 5.75 Å². The van der Waals surface area contributed by atoms with Crippen molar-refractivity contribution in [3.8, 4) is 5.75 Å². The molecular formula is C21H22F3N3O3. The first kappa shape index (κ1) is 21.6. The van der Waals surface area contributed by atoms with E-state index in [1.165, 1.54) is 19.1 Å². The van der Waals surface area contributed by atoms with Gasteiger partial charge in [-0.25, -0.2) is 4.98 Å². The Kier molecular flexibility index (Phi) is 6.28. The smallest absolute Gasteiger partial charge is 0.416 e. The molecule has 0 atom stereocenters. The van der Waals surface area contributed by atoms with Crippen molar-refractivity contribution in [1.82, 2.24) is 10.3 Å². The standard InChI is InChI=1S/C21H22F3N3O3/c1-12-9-16(21(22,23)24)5-6-17(12)30-8-7-25-19(28)15-10-13(2)26-18(11-15)27-20(29)14-3-4-14/h5-6,9-11,14H,3-4,7-8H2,1-2H3,(H,25,28)(H,26,27,29). The molecule has 0 unspecified atom stereocenters. The number of benzene rings is 1. The Labute approximate surface area is 171 Å². The maximum atomic E-state index is 12.7. The Morgan fingerprint density at radius 3 is 2.53 bits per heavy atom. The quantitative estimate of drug-likeness (QED) is 0.665. The van der Waals surface area contributed by atoms with Crippen molar-refractivity contribution in [2.75, 3.05) is 18.5 Å². The molecule has 9 heteroatoms. The van der Waals surface area contributed by atoms with Gasteiger partial charge >= 0.3 is 6.18 Å². The van der Waals surface area contributed by atoms with Crippen molar-refractivity contribution >= 4 is 17.6 Å². The molecule has 30 heavy (non-hydrogen) atoms. The molecule has 1 aromatic heterocycles. The Bertz CT molecular complexity index is 956. The molecule has 2 aromatic rings. The molecule has 1 aliphatic carbocycles. The predicted molar refractivity (Wildman–Crippen MR) is 104 cm³/mol. The first-order chi connectivity index (χ1) is 14.1. The van der Waals surface area contributed by atoms with Gasteiger partial charge in [0.15, 0.2) is 0 Å². The van der Waals surface area contributed by atoms with Crippen molar-refractivity contribution in [1.29, 1.82) is 0 Å². The molecule has 6 nitrogen and oxygen atoms in total. The van der Waals surface area contributed by atoms with Crippen molar-refractivity contribution < 1.29 is 27.5 Å². The number of ether oxygens (including phenoxy) is 1. The third kappa shape index (κ3) is 5.71. The van der Waals surface area contributed by atoms with Crippen molar-refractivity contribution in [3.63, 3.8) is 0 Å². The van der Waals surface area contributed by atoms with Crippen LogP contribution in [0.25, 0.3) is 0 Å². The number of rotatable bonds is 7.